The smallest absolute Gasteiger partial charge is 0.412 e. The topological polar surface area (TPSA) is 126 Å². The Labute approximate surface area is 268 Å². The van der Waals surface area contributed by atoms with E-state index in [1.807, 2.05) is 0 Å². The van der Waals surface area contributed by atoms with Gasteiger partial charge in [0.1, 0.15) is 22.2 Å². The second-order valence-corrected chi connectivity index (χ2v) is 13.7. The minimum absolute atomic E-state index is 0.0366. The number of hydrogen-bond donors (Lipinski definition) is 1. The van der Waals surface area contributed by atoms with E-state index in [4.69, 9.17) is 19.2 Å². The Kier molecular flexibility index (Phi) is 7.96. The molecule has 0 aliphatic carbocycles. The maximum atomic E-state index is 16.9. The standard InChI is InChI=1S/C32H33F2N7O4S/c1-32(2,3)45-31(42)39-29-18(11-35)24-27(36-13-22(33)28(24)46-29)23-21-16-44-15-20(21)19-12-37-30(38-26(19)25(23)34)41-7-5-17(14-41)40-6-4-9-43-10-8-40/h12-13,17H,4-10,14-16H2,1-3H3,(H,39,42). The summed E-state index contributed by atoms with van der Waals surface area (Å²) in [6.07, 6.45) is 3.79. The molecular formula is C32H33F2N7O4S. The molecule has 1 atom stereocenters. The van der Waals surface area contributed by atoms with Crippen LogP contribution in [0.3, 0.4) is 0 Å². The maximum absolute atomic E-state index is 16.9. The van der Waals surface area contributed by atoms with Crippen molar-refractivity contribution < 1.29 is 27.8 Å². The minimum atomic E-state index is -0.797. The number of fused-ring (bicyclic) bond motifs is 4. The third-order valence-corrected chi connectivity index (χ3v) is 9.65. The fourth-order valence-electron chi connectivity index (χ4n) is 6.51. The van der Waals surface area contributed by atoms with Crippen molar-refractivity contribution >= 4 is 49.4 Å². The lowest BCUT2D eigenvalue weighted by Gasteiger charge is -2.26. The first-order chi connectivity index (χ1) is 22.1. The van der Waals surface area contributed by atoms with E-state index in [0.717, 1.165) is 68.7 Å². The average Bonchev–Trinajstić information content (AvgIpc) is 3.73. The number of benzene rings is 1. The van der Waals surface area contributed by atoms with Gasteiger partial charge < -0.3 is 19.1 Å². The lowest BCUT2D eigenvalue weighted by molar-refractivity contribution is 0.0636. The van der Waals surface area contributed by atoms with E-state index in [9.17, 15) is 10.1 Å². The number of aromatic nitrogens is 3. The summed E-state index contributed by atoms with van der Waals surface area (Å²) in [6.45, 7) is 10.2. The lowest BCUT2D eigenvalue weighted by atomic mass is 9.94. The van der Waals surface area contributed by atoms with Crippen molar-refractivity contribution in [2.24, 2.45) is 0 Å². The molecule has 1 unspecified atom stereocenters. The molecule has 6 heterocycles. The van der Waals surface area contributed by atoms with Crippen LogP contribution in [0.25, 0.3) is 32.2 Å². The number of anilines is 2. The summed E-state index contributed by atoms with van der Waals surface area (Å²) in [6, 6.07) is 2.40. The average molecular weight is 650 g/mol. The summed E-state index contributed by atoms with van der Waals surface area (Å²) in [4.78, 5) is 30.8. The molecule has 1 N–H and O–H groups in total. The molecule has 7 rings (SSSR count). The number of amides is 1. The first-order valence-corrected chi connectivity index (χ1v) is 16.1. The fourth-order valence-corrected chi connectivity index (χ4v) is 7.55. The second kappa shape index (κ2) is 12.0. The van der Waals surface area contributed by atoms with Gasteiger partial charge in [0.15, 0.2) is 11.6 Å². The van der Waals surface area contributed by atoms with E-state index in [0.29, 0.717) is 29.5 Å². The molecule has 2 saturated heterocycles. The SMILES string of the molecule is CC(C)(C)OC(=O)Nc1sc2c(F)cnc(-c3c4c(c5cnc(N6CCC(N7CCCOCC7)C6)nc5c3F)COC4)c2c1C#N. The van der Waals surface area contributed by atoms with E-state index in [-0.39, 0.29) is 50.6 Å². The van der Waals surface area contributed by atoms with Crippen LogP contribution in [0.1, 0.15) is 50.3 Å². The number of carbonyl (C=O) groups is 1. The molecule has 46 heavy (non-hydrogen) atoms. The number of nitrogens with zero attached hydrogens (tertiary/aromatic N) is 6. The second-order valence-electron chi connectivity index (χ2n) is 12.7. The quantitative estimate of drug-likeness (QED) is 0.293. The predicted octanol–water partition coefficient (Wildman–Crippen LogP) is 5.73. The normalized spacial score (nSPS) is 19.0. The summed E-state index contributed by atoms with van der Waals surface area (Å²) in [7, 11) is 0. The van der Waals surface area contributed by atoms with E-state index in [1.165, 1.54) is 0 Å². The van der Waals surface area contributed by atoms with Gasteiger partial charge >= 0.3 is 6.09 Å². The van der Waals surface area contributed by atoms with Crippen LogP contribution in [0.2, 0.25) is 0 Å². The number of rotatable bonds is 4. The number of thiophene rings is 1. The zero-order chi connectivity index (χ0) is 32.2. The van der Waals surface area contributed by atoms with Crippen LogP contribution >= 0.6 is 11.3 Å². The third-order valence-electron chi connectivity index (χ3n) is 8.54. The summed E-state index contributed by atoms with van der Waals surface area (Å²) in [5.41, 5.74) is 0.717. The molecule has 0 radical (unpaired) electrons. The molecule has 3 aliphatic heterocycles. The zero-order valence-corrected chi connectivity index (χ0v) is 26.6. The largest absolute Gasteiger partial charge is 0.444 e. The van der Waals surface area contributed by atoms with Gasteiger partial charge in [-0.05, 0) is 44.7 Å². The monoisotopic (exact) mass is 649 g/mol. The van der Waals surface area contributed by atoms with Crippen molar-refractivity contribution in [2.75, 3.05) is 49.6 Å². The first kappa shape index (κ1) is 30.6. The van der Waals surface area contributed by atoms with E-state index < -0.39 is 23.3 Å². The van der Waals surface area contributed by atoms with Crippen LogP contribution < -0.4 is 10.2 Å². The highest BCUT2D eigenvalue weighted by molar-refractivity contribution is 7.23. The molecule has 4 aromatic rings. The molecule has 3 aromatic heterocycles. The minimum Gasteiger partial charge on any atom is -0.444 e. The predicted molar refractivity (Wildman–Crippen MR) is 169 cm³/mol. The van der Waals surface area contributed by atoms with Crippen LogP contribution in [0.15, 0.2) is 12.4 Å². The van der Waals surface area contributed by atoms with Crippen molar-refractivity contribution in [1.82, 2.24) is 19.9 Å². The van der Waals surface area contributed by atoms with Gasteiger partial charge in [-0.15, -0.1) is 11.3 Å². The summed E-state index contributed by atoms with van der Waals surface area (Å²) in [5.74, 6) is -0.921. The molecule has 0 bridgehead atoms. The van der Waals surface area contributed by atoms with Crippen molar-refractivity contribution in [1.29, 1.82) is 5.26 Å². The molecule has 2 fully saturated rings. The highest BCUT2D eigenvalue weighted by Gasteiger charge is 2.33. The molecular weight excluding hydrogens is 616 g/mol. The summed E-state index contributed by atoms with van der Waals surface area (Å²) in [5, 5.41) is 13.5. The fraction of sp³-hybridized carbons (Fsp3) is 0.469. The Morgan fingerprint density at radius 1 is 1.13 bits per heavy atom. The van der Waals surface area contributed by atoms with Crippen molar-refractivity contribution in [2.45, 2.75) is 58.5 Å². The number of pyridine rings is 1. The number of carbonyl (C=O) groups excluding carboxylic acids is 1. The molecule has 0 saturated carbocycles. The summed E-state index contributed by atoms with van der Waals surface area (Å²) < 4.78 is 48.9. The van der Waals surface area contributed by atoms with Gasteiger partial charge in [0, 0.05) is 61.4 Å². The number of hydrogen-bond acceptors (Lipinski definition) is 11. The summed E-state index contributed by atoms with van der Waals surface area (Å²) >= 11 is 0.866. The van der Waals surface area contributed by atoms with Crippen LogP contribution in [0, 0.1) is 23.0 Å². The van der Waals surface area contributed by atoms with Crippen molar-refractivity contribution in [3.63, 3.8) is 0 Å². The van der Waals surface area contributed by atoms with Gasteiger partial charge in [0.2, 0.25) is 5.95 Å². The van der Waals surface area contributed by atoms with E-state index in [1.54, 1.807) is 27.0 Å². The van der Waals surface area contributed by atoms with Crippen molar-refractivity contribution in [3.8, 4) is 17.3 Å². The Morgan fingerprint density at radius 2 is 1.96 bits per heavy atom. The zero-order valence-electron chi connectivity index (χ0n) is 25.8. The van der Waals surface area contributed by atoms with Crippen molar-refractivity contribution in [3.05, 3.63) is 40.7 Å². The highest BCUT2D eigenvalue weighted by Crippen LogP contribution is 2.46. The molecule has 0 spiro atoms. The van der Waals surface area contributed by atoms with Gasteiger partial charge in [-0.3, -0.25) is 15.2 Å². The maximum Gasteiger partial charge on any atom is 0.412 e. The molecule has 1 aromatic carbocycles. The number of halogens is 2. The molecule has 11 nitrogen and oxygen atoms in total. The van der Waals surface area contributed by atoms with Crippen LogP contribution in [0.4, 0.5) is 24.5 Å². The first-order valence-electron chi connectivity index (χ1n) is 15.3. The molecule has 14 heteroatoms. The lowest BCUT2D eigenvalue weighted by Crippen LogP contribution is -2.39. The Balaban J connectivity index is 1.32. The molecule has 240 valence electrons. The van der Waals surface area contributed by atoms with Crippen LogP contribution in [-0.2, 0) is 27.4 Å². The molecule has 1 amide bonds. The van der Waals surface area contributed by atoms with Crippen LogP contribution in [0.5, 0.6) is 0 Å². The van der Waals surface area contributed by atoms with E-state index >= 15 is 8.78 Å². The van der Waals surface area contributed by atoms with Crippen LogP contribution in [-0.4, -0.2) is 77.0 Å². The van der Waals surface area contributed by atoms with E-state index in [2.05, 4.69) is 31.2 Å². The van der Waals surface area contributed by atoms with Gasteiger partial charge in [-0.25, -0.2) is 23.5 Å². The third kappa shape index (κ3) is 5.51. The Hall–Kier alpha value is -4.03. The van der Waals surface area contributed by atoms with Gasteiger partial charge in [0.05, 0.1) is 42.0 Å². The number of ether oxygens (including phenoxy) is 3. The number of nitrogens with one attached hydrogen (secondary N) is 1. The van der Waals surface area contributed by atoms with Gasteiger partial charge in [-0.1, -0.05) is 0 Å². The highest BCUT2D eigenvalue weighted by atomic mass is 32.1. The van der Waals surface area contributed by atoms with Gasteiger partial charge in [0.25, 0.3) is 0 Å². The Bertz CT molecular complexity index is 1900. The van der Waals surface area contributed by atoms with Gasteiger partial charge in [-0.2, -0.15) is 5.26 Å². The number of nitriles is 1. The Morgan fingerprint density at radius 3 is 2.76 bits per heavy atom. The molecule has 3 aliphatic rings.